The maximum atomic E-state index is 12.9. The molecule has 7 heteroatoms. The monoisotopic (exact) mass is 425 g/mol. The van der Waals surface area contributed by atoms with E-state index in [0.717, 1.165) is 37.1 Å². The molecule has 156 valence electrons. The van der Waals surface area contributed by atoms with Crippen molar-refractivity contribution in [3.05, 3.63) is 58.9 Å². The molecule has 30 heavy (non-hydrogen) atoms. The van der Waals surface area contributed by atoms with E-state index in [9.17, 15) is 9.59 Å². The summed E-state index contributed by atoms with van der Waals surface area (Å²) >= 11 is 6.20. The van der Waals surface area contributed by atoms with E-state index in [1.807, 2.05) is 45.9 Å². The molecule has 0 saturated carbocycles. The summed E-state index contributed by atoms with van der Waals surface area (Å²) in [4.78, 5) is 31.6. The average Bonchev–Trinajstić information content (AvgIpc) is 3.10. The highest BCUT2D eigenvalue weighted by Gasteiger charge is 2.21. The zero-order chi connectivity index (χ0) is 21.1. The minimum Gasteiger partial charge on any atom is -0.466 e. The van der Waals surface area contributed by atoms with Crippen molar-refractivity contribution < 1.29 is 14.3 Å². The molecular formula is C23H24ClN3O3. The maximum Gasteiger partial charge on any atom is 0.313 e. The molecule has 1 aliphatic heterocycles. The standard InChI is InChI=1S/C23H24ClN3O3/c1-2-30-22(28)15-21-25-19-13-16(23(29)26-11-4-3-5-12-26)9-10-20(19)27(21)18-8-6-7-17(24)14-18/h6-10,13-14H,2-5,11-12,15H2,1H3. The minimum atomic E-state index is -0.347. The Labute approximate surface area is 180 Å². The van der Waals surface area contributed by atoms with Crippen molar-refractivity contribution in [2.75, 3.05) is 19.7 Å². The Hall–Kier alpha value is -2.86. The molecule has 1 saturated heterocycles. The lowest BCUT2D eigenvalue weighted by Crippen LogP contribution is -2.35. The number of nitrogens with zero attached hydrogens (tertiary/aromatic N) is 3. The van der Waals surface area contributed by atoms with E-state index >= 15 is 0 Å². The third-order valence-electron chi connectivity index (χ3n) is 5.29. The van der Waals surface area contributed by atoms with Gasteiger partial charge in [-0.1, -0.05) is 17.7 Å². The summed E-state index contributed by atoms with van der Waals surface area (Å²) in [6.45, 7) is 3.67. The summed E-state index contributed by atoms with van der Waals surface area (Å²) in [6.07, 6.45) is 3.29. The predicted octanol–water partition coefficient (Wildman–Crippen LogP) is 4.41. The minimum absolute atomic E-state index is 0.0286. The number of amides is 1. The topological polar surface area (TPSA) is 64.4 Å². The van der Waals surface area contributed by atoms with E-state index in [-0.39, 0.29) is 18.3 Å². The molecule has 1 aromatic heterocycles. The van der Waals surface area contributed by atoms with Crippen LogP contribution in [-0.4, -0.2) is 46.0 Å². The predicted molar refractivity (Wildman–Crippen MR) is 116 cm³/mol. The number of hydrogen-bond acceptors (Lipinski definition) is 4. The van der Waals surface area contributed by atoms with Crippen molar-refractivity contribution in [3.8, 4) is 5.69 Å². The highest BCUT2D eigenvalue weighted by atomic mass is 35.5. The van der Waals surface area contributed by atoms with Crippen LogP contribution in [0.2, 0.25) is 5.02 Å². The number of piperidine rings is 1. The normalized spacial score (nSPS) is 14.1. The molecule has 1 aliphatic rings. The Bertz CT molecular complexity index is 1090. The van der Waals surface area contributed by atoms with Crippen LogP contribution < -0.4 is 0 Å². The van der Waals surface area contributed by atoms with Crippen LogP contribution in [-0.2, 0) is 16.0 Å². The molecule has 0 unspecified atom stereocenters. The van der Waals surface area contributed by atoms with E-state index in [1.165, 1.54) is 6.42 Å². The largest absolute Gasteiger partial charge is 0.466 e. The van der Waals surface area contributed by atoms with E-state index < -0.39 is 0 Å². The fourth-order valence-corrected chi connectivity index (χ4v) is 4.09. The van der Waals surface area contributed by atoms with Crippen LogP contribution in [0, 0.1) is 0 Å². The van der Waals surface area contributed by atoms with Gasteiger partial charge in [-0.3, -0.25) is 14.2 Å². The summed E-state index contributed by atoms with van der Waals surface area (Å²) in [6, 6.07) is 12.9. The quantitative estimate of drug-likeness (QED) is 0.568. The van der Waals surface area contributed by atoms with Crippen LogP contribution in [0.3, 0.4) is 0 Å². The highest BCUT2D eigenvalue weighted by Crippen LogP contribution is 2.26. The fraction of sp³-hybridized carbons (Fsp3) is 0.348. The van der Waals surface area contributed by atoms with Gasteiger partial charge in [-0.05, 0) is 62.6 Å². The van der Waals surface area contributed by atoms with Gasteiger partial charge < -0.3 is 9.64 Å². The lowest BCUT2D eigenvalue weighted by atomic mass is 10.1. The number of likely N-dealkylation sites (tertiary alicyclic amines) is 1. The van der Waals surface area contributed by atoms with Crippen molar-refractivity contribution in [1.29, 1.82) is 0 Å². The molecule has 0 atom stereocenters. The van der Waals surface area contributed by atoms with Crippen molar-refractivity contribution in [3.63, 3.8) is 0 Å². The number of benzene rings is 2. The maximum absolute atomic E-state index is 12.9. The molecule has 2 aromatic carbocycles. The zero-order valence-electron chi connectivity index (χ0n) is 16.9. The fourth-order valence-electron chi connectivity index (χ4n) is 3.91. The number of fused-ring (bicyclic) bond motifs is 1. The molecule has 3 aromatic rings. The zero-order valence-corrected chi connectivity index (χ0v) is 17.7. The Morgan fingerprint density at radius 2 is 1.90 bits per heavy atom. The summed E-state index contributed by atoms with van der Waals surface area (Å²) in [5, 5.41) is 0.591. The Kier molecular flexibility index (Phi) is 6.04. The first-order chi connectivity index (χ1) is 14.6. The van der Waals surface area contributed by atoms with Gasteiger partial charge >= 0.3 is 5.97 Å². The number of rotatable bonds is 5. The van der Waals surface area contributed by atoms with Gasteiger partial charge in [0.05, 0.1) is 17.6 Å². The summed E-state index contributed by atoms with van der Waals surface area (Å²) < 4.78 is 7.01. The van der Waals surface area contributed by atoms with Gasteiger partial charge in [0, 0.05) is 29.4 Å². The van der Waals surface area contributed by atoms with E-state index in [4.69, 9.17) is 16.3 Å². The summed E-state index contributed by atoms with van der Waals surface area (Å²) in [5.74, 6) is 0.231. The van der Waals surface area contributed by atoms with Gasteiger partial charge in [-0.2, -0.15) is 0 Å². The van der Waals surface area contributed by atoms with Crippen LogP contribution >= 0.6 is 11.6 Å². The van der Waals surface area contributed by atoms with Crippen LogP contribution in [0.15, 0.2) is 42.5 Å². The smallest absolute Gasteiger partial charge is 0.313 e. The van der Waals surface area contributed by atoms with Gasteiger partial charge in [-0.25, -0.2) is 4.98 Å². The molecule has 0 N–H and O–H groups in total. The molecule has 4 rings (SSSR count). The first-order valence-electron chi connectivity index (χ1n) is 10.3. The number of carbonyl (C=O) groups excluding carboxylic acids is 2. The van der Waals surface area contributed by atoms with Gasteiger partial charge in [0.2, 0.25) is 0 Å². The SMILES string of the molecule is CCOC(=O)Cc1nc2cc(C(=O)N3CCCCC3)ccc2n1-c1cccc(Cl)c1. The number of hydrogen-bond donors (Lipinski definition) is 0. The Balaban J connectivity index is 1.77. The number of esters is 1. The molecule has 2 heterocycles. The van der Waals surface area contributed by atoms with E-state index in [0.29, 0.717) is 28.5 Å². The lowest BCUT2D eigenvalue weighted by molar-refractivity contribution is -0.142. The van der Waals surface area contributed by atoms with Gasteiger partial charge in [0.15, 0.2) is 0 Å². The summed E-state index contributed by atoms with van der Waals surface area (Å²) in [7, 11) is 0. The first-order valence-corrected chi connectivity index (χ1v) is 10.7. The first kappa shape index (κ1) is 20.4. The molecule has 0 spiro atoms. The lowest BCUT2D eigenvalue weighted by Gasteiger charge is -2.26. The average molecular weight is 426 g/mol. The van der Waals surface area contributed by atoms with E-state index in [2.05, 4.69) is 4.98 Å². The van der Waals surface area contributed by atoms with Crippen molar-refractivity contribution in [2.24, 2.45) is 0 Å². The molecule has 6 nitrogen and oxygen atoms in total. The van der Waals surface area contributed by atoms with Crippen LogP contribution in [0.25, 0.3) is 16.7 Å². The van der Waals surface area contributed by atoms with Crippen LogP contribution in [0.5, 0.6) is 0 Å². The van der Waals surface area contributed by atoms with Gasteiger partial charge in [-0.15, -0.1) is 0 Å². The van der Waals surface area contributed by atoms with E-state index in [1.54, 1.807) is 13.0 Å². The van der Waals surface area contributed by atoms with Crippen molar-refractivity contribution in [1.82, 2.24) is 14.5 Å². The molecule has 1 fully saturated rings. The molecule has 0 bridgehead atoms. The Morgan fingerprint density at radius 3 is 2.63 bits per heavy atom. The molecular weight excluding hydrogens is 402 g/mol. The molecule has 1 amide bonds. The number of aromatic nitrogens is 2. The third kappa shape index (κ3) is 4.19. The van der Waals surface area contributed by atoms with Crippen molar-refractivity contribution >= 4 is 34.5 Å². The van der Waals surface area contributed by atoms with Crippen molar-refractivity contribution in [2.45, 2.75) is 32.6 Å². The second-order valence-corrected chi connectivity index (χ2v) is 7.82. The highest BCUT2D eigenvalue weighted by molar-refractivity contribution is 6.30. The molecule has 0 aliphatic carbocycles. The number of ether oxygens (including phenoxy) is 1. The van der Waals surface area contributed by atoms with Crippen LogP contribution in [0.4, 0.5) is 0 Å². The second-order valence-electron chi connectivity index (χ2n) is 7.38. The molecule has 0 radical (unpaired) electrons. The van der Waals surface area contributed by atoms with Gasteiger partial charge in [0.25, 0.3) is 5.91 Å². The third-order valence-corrected chi connectivity index (χ3v) is 5.52. The summed E-state index contributed by atoms with van der Waals surface area (Å²) in [5.41, 5.74) is 2.89. The second kappa shape index (κ2) is 8.88. The number of carbonyl (C=O) groups is 2. The number of imidazole rings is 1. The van der Waals surface area contributed by atoms with Gasteiger partial charge in [0.1, 0.15) is 12.2 Å². The Morgan fingerprint density at radius 1 is 1.10 bits per heavy atom. The van der Waals surface area contributed by atoms with Crippen LogP contribution in [0.1, 0.15) is 42.4 Å². The number of halogens is 1.